The molecule has 0 spiro atoms. The molecule has 0 radical (unpaired) electrons. The third kappa shape index (κ3) is 4.33. The quantitative estimate of drug-likeness (QED) is 0.689. The summed E-state index contributed by atoms with van der Waals surface area (Å²) in [6.45, 7) is 2.50. The molecule has 1 saturated heterocycles. The maximum atomic E-state index is 13.0. The molecule has 7 nitrogen and oxygen atoms in total. The van der Waals surface area contributed by atoms with Crippen LogP contribution in [0.5, 0.6) is 0 Å². The summed E-state index contributed by atoms with van der Waals surface area (Å²) in [5, 5.41) is 11.8. The van der Waals surface area contributed by atoms with Crippen molar-refractivity contribution in [1.82, 2.24) is 10.2 Å². The normalized spacial score (nSPS) is 18.0. The number of carboxylic acids is 1. The van der Waals surface area contributed by atoms with E-state index in [9.17, 15) is 14.4 Å². The van der Waals surface area contributed by atoms with Gasteiger partial charge in [0, 0.05) is 18.5 Å². The summed E-state index contributed by atoms with van der Waals surface area (Å²) in [4.78, 5) is 38.2. The van der Waals surface area contributed by atoms with E-state index in [1.165, 1.54) is 0 Å². The van der Waals surface area contributed by atoms with Gasteiger partial charge in [0.2, 0.25) is 5.91 Å². The molecule has 0 aromatic heterocycles. The first-order chi connectivity index (χ1) is 15.5. The summed E-state index contributed by atoms with van der Waals surface area (Å²) in [5.74, 6) is -1.22. The van der Waals surface area contributed by atoms with Crippen molar-refractivity contribution in [3.63, 3.8) is 0 Å². The Bertz CT molecular complexity index is 975. The number of amides is 2. The first-order valence-electron chi connectivity index (χ1n) is 11.1. The Morgan fingerprint density at radius 2 is 1.72 bits per heavy atom. The molecule has 2 amide bonds. The molecule has 7 heteroatoms. The number of alkyl carbamates (subject to hydrolysis) is 1. The number of carbonyl (C=O) groups is 3. The van der Waals surface area contributed by atoms with Crippen LogP contribution in [0.15, 0.2) is 48.5 Å². The van der Waals surface area contributed by atoms with Crippen LogP contribution in [-0.2, 0) is 14.3 Å². The van der Waals surface area contributed by atoms with Gasteiger partial charge >= 0.3 is 12.1 Å². The molecule has 1 fully saturated rings. The molecule has 1 heterocycles. The molecule has 168 valence electrons. The fraction of sp³-hybridized carbons (Fsp3) is 0.400. The average Bonchev–Trinajstić information content (AvgIpc) is 3.37. The molecule has 32 heavy (non-hydrogen) atoms. The van der Waals surface area contributed by atoms with Crippen molar-refractivity contribution in [2.75, 3.05) is 13.2 Å². The van der Waals surface area contributed by atoms with Gasteiger partial charge in [-0.05, 0) is 41.5 Å². The zero-order valence-corrected chi connectivity index (χ0v) is 18.1. The van der Waals surface area contributed by atoms with E-state index in [1.807, 2.05) is 31.2 Å². The molecule has 2 N–H and O–H groups in total. The Hall–Kier alpha value is -3.35. The molecule has 2 aromatic rings. The monoisotopic (exact) mass is 436 g/mol. The predicted molar refractivity (Wildman–Crippen MR) is 119 cm³/mol. The molecule has 1 aliphatic heterocycles. The van der Waals surface area contributed by atoms with E-state index in [1.54, 1.807) is 4.90 Å². The summed E-state index contributed by atoms with van der Waals surface area (Å²) >= 11 is 0. The Kier molecular flexibility index (Phi) is 6.44. The van der Waals surface area contributed by atoms with Gasteiger partial charge in [-0.1, -0.05) is 55.5 Å². The number of nitrogens with one attached hydrogen (secondary N) is 1. The number of benzene rings is 2. The first-order valence-corrected chi connectivity index (χ1v) is 11.1. The van der Waals surface area contributed by atoms with E-state index in [0.717, 1.165) is 28.7 Å². The highest BCUT2D eigenvalue weighted by Crippen LogP contribution is 2.44. The van der Waals surface area contributed by atoms with Gasteiger partial charge in [-0.25, -0.2) is 4.79 Å². The minimum Gasteiger partial charge on any atom is -0.481 e. The third-order valence-corrected chi connectivity index (χ3v) is 6.41. The van der Waals surface area contributed by atoms with Crippen LogP contribution in [-0.4, -0.2) is 53.2 Å². The van der Waals surface area contributed by atoms with Crippen LogP contribution >= 0.6 is 0 Å². The molecule has 2 atom stereocenters. The maximum absolute atomic E-state index is 13.0. The van der Waals surface area contributed by atoms with E-state index in [0.29, 0.717) is 19.4 Å². The summed E-state index contributed by atoms with van der Waals surface area (Å²) in [7, 11) is 0. The van der Waals surface area contributed by atoms with Crippen molar-refractivity contribution in [3.05, 3.63) is 59.7 Å². The lowest BCUT2D eigenvalue weighted by molar-refractivity contribution is -0.140. The van der Waals surface area contributed by atoms with E-state index in [2.05, 4.69) is 29.6 Å². The summed E-state index contributed by atoms with van der Waals surface area (Å²) < 4.78 is 5.56. The lowest BCUT2D eigenvalue weighted by atomic mass is 9.98. The number of fused-ring (bicyclic) bond motifs is 3. The number of carbonyl (C=O) groups excluding carboxylic acids is 2. The van der Waals surface area contributed by atoms with Crippen molar-refractivity contribution >= 4 is 18.0 Å². The Labute approximate surface area is 187 Å². The van der Waals surface area contributed by atoms with Gasteiger partial charge in [-0.15, -0.1) is 0 Å². The summed E-state index contributed by atoms with van der Waals surface area (Å²) in [5.41, 5.74) is 4.55. The largest absolute Gasteiger partial charge is 0.481 e. The summed E-state index contributed by atoms with van der Waals surface area (Å²) in [6, 6.07) is 15.1. The number of carboxylic acid groups (broad SMARTS) is 1. The standard InChI is InChI=1S/C25H28N2O5/c1-2-22(24(30)27-13-7-8-16(27)14-23(28)29)26-25(31)32-15-21-19-11-5-3-9-17(19)18-10-4-6-12-20(18)21/h3-6,9-12,16,21-22H,2,7-8,13-15H2,1H3,(H,26,31)(H,28,29)/t16-,22?/m0/s1. The van der Waals surface area contributed by atoms with Crippen LogP contribution in [0, 0.1) is 0 Å². The molecular weight excluding hydrogens is 408 g/mol. The van der Waals surface area contributed by atoms with Crippen LogP contribution in [0.2, 0.25) is 0 Å². The van der Waals surface area contributed by atoms with Crippen LogP contribution in [0.25, 0.3) is 11.1 Å². The zero-order valence-electron chi connectivity index (χ0n) is 18.1. The van der Waals surface area contributed by atoms with Gasteiger partial charge in [0.05, 0.1) is 6.42 Å². The van der Waals surface area contributed by atoms with E-state index in [-0.39, 0.29) is 30.9 Å². The molecular formula is C25H28N2O5. The maximum Gasteiger partial charge on any atom is 0.407 e. The number of aliphatic carboxylic acids is 1. The smallest absolute Gasteiger partial charge is 0.407 e. The number of hydrogen-bond donors (Lipinski definition) is 2. The highest BCUT2D eigenvalue weighted by Gasteiger charge is 2.35. The number of nitrogens with zero attached hydrogens (tertiary/aromatic N) is 1. The molecule has 2 aliphatic rings. The summed E-state index contributed by atoms with van der Waals surface area (Å²) in [6.07, 6.45) is 1.12. The van der Waals surface area contributed by atoms with Crippen LogP contribution in [0.3, 0.4) is 0 Å². The van der Waals surface area contributed by atoms with Gasteiger partial charge in [0.15, 0.2) is 0 Å². The SMILES string of the molecule is CCC(NC(=O)OCC1c2ccccc2-c2ccccc21)C(=O)N1CCC[C@H]1CC(=O)O. The highest BCUT2D eigenvalue weighted by molar-refractivity contribution is 5.86. The van der Waals surface area contributed by atoms with Gasteiger partial charge < -0.3 is 20.1 Å². The lowest BCUT2D eigenvalue weighted by Crippen LogP contribution is -2.50. The predicted octanol–water partition coefficient (Wildman–Crippen LogP) is 3.77. The second-order valence-corrected chi connectivity index (χ2v) is 8.36. The second kappa shape index (κ2) is 9.42. The molecule has 1 unspecified atom stereocenters. The van der Waals surface area contributed by atoms with Crippen molar-refractivity contribution < 1.29 is 24.2 Å². The van der Waals surface area contributed by atoms with E-state index >= 15 is 0 Å². The second-order valence-electron chi connectivity index (χ2n) is 8.36. The van der Waals surface area contributed by atoms with Crippen LogP contribution < -0.4 is 5.32 Å². The van der Waals surface area contributed by atoms with E-state index in [4.69, 9.17) is 9.84 Å². The third-order valence-electron chi connectivity index (χ3n) is 6.41. The Balaban J connectivity index is 1.39. The molecule has 4 rings (SSSR count). The number of hydrogen-bond acceptors (Lipinski definition) is 4. The van der Waals surface area contributed by atoms with Crippen molar-refractivity contribution in [3.8, 4) is 11.1 Å². The topological polar surface area (TPSA) is 95.9 Å². The number of likely N-dealkylation sites (tertiary alicyclic amines) is 1. The Morgan fingerprint density at radius 1 is 1.09 bits per heavy atom. The molecule has 0 bridgehead atoms. The zero-order chi connectivity index (χ0) is 22.7. The average molecular weight is 437 g/mol. The van der Waals surface area contributed by atoms with Gasteiger partial charge in [0.25, 0.3) is 0 Å². The number of ether oxygens (including phenoxy) is 1. The van der Waals surface area contributed by atoms with E-state index < -0.39 is 18.1 Å². The van der Waals surface area contributed by atoms with Crippen molar-refractivity contribution in [2.45, 2.75) is 50.6 Å². The fourth-order valence-corrected chi connectivity index (χ4v) is 4.86. The van der Waals surface area contributed by atoms with Crippen LogP contribution in [0.4, 0.5) is 4.79 Å². The Morgan fingerprint density at radius 3 is 2.31 bits per heavy atom. The van der Waals surface area contributed by atoms with Crippen molar-refractivity contribution in [1.29, 1.82) is 0 Å². The van der Waals surface area contributed by atoms with Crippen LogP contribution in [0.1, 0.15) is 49.7 Å². The minimum atomic E-state index is -0.924. The van der Waals surface area contributed by atoms with Gasteiger partial charge in [-0.3, -0.25) is 9.59 Å². The highest BCUT2D eigenvalue weighted by atomic mass is 16.5. The van der Waals surface area contributed by atoms with Gasteiger partial charge in [0.1, 0.15) is 12.6 Å². The number of rotatable bonds is 7. The molecule has 1 aliphatic carbocycles. The fourth-order valence-electron chi connectivity index (χ4n) is 4.86. The minimum absolute atomic E-state index is 0.0533. The first kappa shape index (κ1) is 21.9. The van der Waals surface area contributed by atoms with Crippen molar-refractivity contribution in [2.24, 2.45) is 0 Å². The van der Waals surface area contributed by atoms with Gasteiger partial charge in [-0.2, -0.15) is 0 Å². The lowest BCUT2D eigenvalue weighted by Gasteiger charge is -2.28. The molecule has 2 aromatic carbocycles. The molecule has 0 saturated carbocycles.